The molecule has 1 aromatic carbocycles. The minimum absolute atomic E-state index is 0.264. The lowest BCUT2D eigenvalue weighted by Gasteiger charge is -2.22. The molecule has 0 saturated heterocycles. The molecule has 0 aromatic heterocycles. The molecule has 1 aromatic rings. The number of nitrogens with one attached hydrogen (secondary N) is 1. The highest BCUT2D eigenvalue weighted by Crippen LogP contribution is 2.25. The maximum absolute atomic E-state index is 5.73. The Bertz CT molecular complexity index is 352. The second kappa shape index (κ2) is 7.14. The van der Waals surface area contributed by atoms with E-state index >= 15 is 0 Å². The monoisotopic (exact) mass is 299 g/mol. The zero-order valence-electron chi connectivity index (χ0n) is 11.1. The van der Waals surface area contributed by atoms with Gasteiger partial charge in [-0.3, -0.25) is 0 Å². The summed E-state index contributed by atoms with van der Waals surface area (Å²) in [6.45, 7) is 10.0. The van der Waals surface area contributed by atoms with Crippen LogP contribution in [0.5, 0.6) is 0 Å². The van der Waals surface area contributed by atoms with Crippen molar-refractivity contribution in [1.29, 1.82) is 0 Å². The molecule has 1 unspecified atom stereocenters. The van der Waals surface area contributed by atoms with Gasteiger partial charge < -0.3 is 10.1 Å². The van der Waals surface area contributed by atoms with Gasteiger partial charge in [0.05, 0.1) is 18.8 Å². The van der Waals surface area contributed by atoms with E-state index in [1.165, 1.54) is 11.1 Å². The molecule has 0 heterocycles. The number of hydrogen-bond donors (Lipinski definition) is 1. The van der Waals surface area contributed by atoms with Crippen molar-refractivity contribution in [2.24, 2.45) is 0 Å². The van der Waals surface area contributed by atoms with Crippen LogP contribution in [0.15, 0.2) is 22.7 Å². The molecule has 0 bridgehead atoms. The molecule has 1 N–H and O–H groups in total. The van der Waals surface area contributed by atoms with Crippen LogP contribution in [0.4, 0.5) is 0 Å². The maximum atomic E-state index is 5.73. The molecule has 0 aliphatic heterocycles. The Kier molecular flexibility index (Phi) is 6.17. The summed E-state index contributed by atoms with van der Waals surface area (Å²) >= 11 is 3.58. The van der Waals surface area contributed by atoms with Crippen LogP contribution < -0.4 is 5.32 Å². The lowest BCUT2D eigenvalue weighted by atomic mass is 10.0. The second-order valence-corrected chi connectivity index (χ2v) is 5.30. The summed E-state index contributed by atoms with van der Waals surface area (Å²) in [6, 6.07) is 6.58. The van der Waals surface area contributed by atoms with Gasteiger partial charge in [-0.05, 0) is 44.5 Å². The van der Waals surface area contributed by atoms with Crippen molar-refractivity contribution in [1.82, 2.24) is 5.32 Å². The fourth-order valence-electron chi connectivity index (χ4n) is 1.80. The summed E-state index contributed by atoms with van der Waals surface area (Å²) in [5, 5.41) is 3.48. The lowest BCUT2D eigenvalue weighted by molar-refractivity contribution is 0.0613. The van der Waals surface area contributed by atoms with Gasteiger partial charge in [-0.15, -0.1) is 0 Å². The van der Waals surface area contributed by atoms with E-state index in [1.807, 2.05) is 0 Å². The highest BCUT2D eigenvalue weighted by atomic mass is 79.9. The van der Waals surface area contributed by atoms with Crippen LogP contribution in [-0.4, -0.2) is 19.3 Å². The largest absolute Gasteiger partial charge is 0.377 e. The van der Waals surface area contributed by atoms with Gasteiger partial charge in [-0.25, -0.2) is 0 Å². The number of hydrogen-bond acceptors (Lipinski definition) is 2. The number of benzene rings is 1. The third kappa shape index (κ3) is 4.41. The van der Waals surface area contributed by atoms with Gasteiger partial charge in [0, 0.05) is 4.47 Å². The summed E-state index contributed by atoms with van der Waals surface area (Å²) < 4.78 is 6.88. The topological polar surface area (TPSA) is 21.3 Å². The minimum Gasteiger partial charge on any atom is -0.377 e. The van der Waals surface area contributed by atoms with Crippen LogP contribution in [0.3, 0.4) is 0 Å². The fourth-order valence-corrected chi connectivity index (χ4v) is 2.18. The van der Waals surface area contributed by atoms with Crippen LogP contribution in [0, 0.1) is 6.92 Å². The molecular weight excluding hydrogens is 278 g/mol. The van der Waals surface area contributed by atoms with Crippen molar-refractivity contribution in [3.63, 3.8) is 0 Å². The molecule has 0 spiro atoms. The van der Waals surface area contributed by atoms with E-state index < -0.39 is 0 Å². The third-order valence-corrected chi connectivity index (χ3v) is 3.59. The van der Waals surface area contributed by atoms with Gasteiger partial charge in [-0.1, -0.05) is 35.0 Å². The Labute approximate surface area is 113 Å². The second-order valence-electron chi connectivity index (χ2n) is 4.45. The molecule has 0 saturated carbocycles. The van der Waals surface area contributed by atoms with Crippen molar-refractivity contribution in [2.75, 3.05) is 13.2 Å². The molecule has 0 aliphatic rings. The lowest BCUT2D eigenvalue weighted by Crippen LogP contribution is -2.27. The SMILES string of the molecule is CCNC(COC(C)C)c1cccc(Br)c1C. The van der Waals surface area contributed by atoms with Gasteiger partial charge in [0.15, 0.2) is 0 Å². The predicted molar refractivity (Wildman–Crippen MR) is 76.4 cm³/mol. The molecule has 3 heteroatoms. The molecule has 1 rings (SSSR count). The molecule has 96 valence electrons. The first-order valence-electron chi connectivity index (χ1n) is 6.16. The normalized spacial score (nSPS) is 13.1. The molecule has 1 atom stereocenters. The zero-order chi connectivity index (χ0) is 12.8. The van der Waals surface area contributed by atoms with E-state index in [0.29, 0.717) is 6.61 Å². The Morgan fingerprint density at radius 2 is 2.06 bits per heavy atom. The third-order valence-electron chi connectivity index (χ3n) is 2.73. The summed E-state index contributed by atoms with van der Waals surface area (Å²) in [4.78, 5) is 0. The van der Waals surface area contributed by atoms with Crippen LogP contribution in [-0.2, 0) is 4.74 Å². The molecule has 17 heavy (non-hydrogen) atoms. The van der Waals surface area contributed by atoms with E-state index in [0.717, 1.165) is 11.0 Å². The first-order chi connectivity index (χ1) is 8.06. The Hall–Kier alpha value is -0.380. The van der Waals surface area contributed by atoms with Crippen LogP contribution in [0.1, 0.15) is 37.9 Å². The van der Waals surface area contributed by atoms with Gasteiger partial charge in [0.2, 0.25) is 0 Å². The van der Waals surface area contributed by atoms with E-state index in [-0.39, 0.29) is 12.1 Å². The van der Waals surface area contributed by atoms with Crippen molar-refractivity contribution in [3.8, 4) is 0 Å². The first-order valence-corrected chi connectivity index (χ1v) is 6.95. The van der Waals surface area contributed by atoms with Gasteiger partial charge in [0.1, 0.15) is 0 Å². The number of ether oxygens (including phenoxy) is 1. The maximum Gasteiger partial charge on any atom is 0.0665 e. The van der Waals surface area contributed by atoms with Crippen LogP contribution in [0.2, 0.25) is 0 Å². The number of rotatable bonds is 6. The van der Waals surface area contributed by atoms with Gasteiger partial charge in [-0.2, -0.15) is 0 Å². The van der Waals surface area contributed by atoms with Crippen LogP contribution >= 0.6 is 15.9 Å². The molecule has 0 amide bonds. The fraction of sp³-hybridized carbons (Fsp3) is 0.571. The van der Waals surface area contributed by atoms with Crippen molar-refractivity contribution < 1.29 is 4.74 Å². The van der Waals surface area contributed by atoms with E-state index in [1.54, 1.807) is 0 Å². The van der Waals surface area contributed by atoms with Crippen molar-refractivity contribution >= 4 is 15.9 Å². The van der Waals surface area contributed by atoms with Crippen molar-refractivity contribution in [2.45, 2.75) is 39.8 Å². The van der Waals surface area contributed by atoms with Gasteiger partial charge in [0.25, 0.3) is 0 Å². The van der Waals surface area contributed by atoms with Crippen molar-refractivity contribution in [3.05, 3.63) is 33.8 Å². The quantitative estimate of drug-likeness (QED) is 0.862. The molecule has 0 radical (unpaired) electrons. The average Bonchev–Trinajstić information content (AvgIpc) is 2.28. The molecule has 2 nitrogen and oxygen atoms in total. The minimum atomic E-state index is 0.264. The zero-order valence-corrected chi connectivity index (χ0v) is 12.7. The smallest absolute Gasteiger partial charge is 0.0665 e. The molecule has 0 fully saturated rings. The first kappa shape index (κ1) is 14.7. The number of halogens is 1. The summed E-state index contributed by atoms with van der Waals surface area (Å²) in [5.74, 6) is 0. The van der Waals surface area contributed by atoms with Crippen LogP contribution in [0.25, 0.3) is 0 Å². The Balaban J connectivity index is 2.85. The van der Waals surface area contributed by atoms with E-state index in [4.69, 9.17) is 4.74 Å². The summed E-state index contributed by atoms with van der Waals surface area (Å²) in [5.41, 5.74) is 2.59. The summed E-state index contributed by atoms with van der Waals surface area (Å²) in [7, 11) is 0. The molecular formula is C14H22BrNO. The van der Waals surface area contributed by atoms with E-state index in [9.17, 15) is 0 Å². The highest BCUT2D eigenvalue weighted by molar-refractivity contribution is 9.10. The number of likely N-dealkylation sites (N-methyl/N-ethyl adjacent to an activating group) is 1. The Morgan fingerprint density at radius 3 is 2.65 bits per heavy atom. The predicted octanol–water partition coefficient (Wildman–Crippen LogP) is 3.83. The standard InChI is InChI=1S/C14H22BrNO/c1-5-16-14(9-17-10(2)3)12-7-6-8-13(15)11(12)4/h6-8,10,14,16H,5,9H2,1-4H3. The van der Waals surface area contributed by atoms with E-state index in [2.05, 4.69) is 67.1 Å². The average molecular weight is 300 g/mol. The van der Waals surface area contributed by atoms with Gasteiger partial charge >= 0.3 is 0 Å². The Morgan fingerprint density at radius 1 is 1.35 bits per heavy atom. The molecule has 0 aliphatic carbocycles. The summed E-state index contributed by atoms with van der Waals surface area (Å²) in [6.07, 6.45) is 0.267. The highest BCUT2D eigenvalue weighted by Gasteiger charge is 2.14.